The molecule has 0 atom stereocenters. The van der Waals surface area contributed by atoms with E-state index in [0.717, 1.165) is 36.2 Å². The van der Waals surface area contributed by atoms with Crippen LogP contribution in [0.5, 0.6) is 0 Å². The van der Waals surface area contributed by atoms with Crippen molar-refractivity contribution in [1.82, 2.24) is 14.5 Å². The molecule has 4 aromatic rings. The lowest BCUT2D eigenvalue weighted by molar-refractivity contribution is 0.0697. The van der Waals surface area contributed by atoms with Crippen LogP contribution in [0.25, 0.3) is 22.2 Å². The van der Waals surface area contributed by atoms with Gasteiger partial charge in [0.1, 0.15) is 5.82 Å². The van der Waals surface area contributed by atoms with Gasteiger partial charge in [0.15, 0.2) is 5.52 Å². The van der Waals surface area contributed by atoms with Gasteiger partial charge in [0.2, 0.25) is 0 Å². The smallest absolute Gasteiger partial charge is 0.336 e. The molecule has 0 fully saturated rings. The number of carboxylic acid groups (broad SMARTS) is 1. The van der Waals surface area contributed by atoms with Crippen molar-refractivity contribution in [3.8, 4) is 11.1 Å². The molecule has 0 aliphatic carbocycles. The van der Waals surface area contributed by atoms with E-state index >= 15 is 0 Å². The van der Waals surface area contributed by atoms with Crippen molar-refractivity contribution in [3.05, 3.63) is 94.2 Å². The van der Waals surface area contributed by atoms with Gasteiger partial charge >= 0.3 is 5.97 Å². The number of carbonyl (C=O) groups is 1. The van der Waals surface area contributed by atoms with Gasteiger partial charge in [-0.25, -0.2) is 14.8 Å². The monoisotopic (exact) mass is 413 g/mol. The van der Waals surface area contributed by atoms with Crippen LogP contribution in [0.2, 0.25) is 0 Å². The van der Waals surface area contributed by atoms with E-state index in [9.17, 15) is 14.7 Å². The zero-order chi connectivity index (χ0) is 21.8. The summed E-state index contributed by atoms with van der Waals surface area (Å²) in [6, 6.07) is 18.2. The third kappa shape index (κ3) is 4.23. The molecule has 31 heavy (non-hydrogen) atoms. The molecule has 0 saturated heterocycles. The second kappa shape index (κ2) is 8.92. The van der Waals surface area contributed by atoms with E-state index in [1.54, 1.807) is 35.0 Å². The normalized spacial score (nSPS) is 11.0. The van der Waals surface area contributed by atoms with Crippen LogP contribution in [-0.4, -0.2) is 25.6 Å². The maximum Gasteiger partial charge on any atom is 0.336 e. The number of aromatic carboxylic acids is 1. The number of benzene rings is 2. The molecule has 0 radical (unpaired) electrons. The van der Waals surface area contributed by atoms with Crippen molar-refractivity contribution in [2.75, 3.05) is 0 Å². The summed E-state index contributed by atoms with van der Waals surface area (Å²) in [6.07, 6.45) is 4.29. The second-order valence-corrected chi connectivity index (χ2v) is 7.44. The molecular formula is C25H23N3O3. The van der Waals surface area contributed by atoms with Gasteiger partial charge in [-0.2, -0.15) is 0 Å². The highest BCUT2D eigenvalue weighted by Gasteiger charge is 2.13. The lowest BCUT2D eigenvalue weighted by atomic mass is 9.99. The highest BCUT2D eigenvalue weighted by Crippen LogP contribution is 2.24. The average molecular weight is 413 g/mol. The van der Waals surface area contributed by atoms with E-state index in [-0.39, 0.29) is 11.1 Å². The van der Waals surface area contributed by atoms with E-state index in [4.69, 9.17) is 4.98 Å². The van der Waals surface area contributed by atoms with E-state index in [0.29, 0.717) is 23.1 Å². The highest BCUT2D eigenvalue weighted by atomic mass is 16.4. The fourth-order valence-electron chi connectivity index (χ4n) is 3.68. The van der Waals surface area contributed by atoms with E-state index < -0.39 is 5.97 Å². The molecule has 2 heterocycles. The van der Waals surface area contributed by atoms with Crippen molar-refractivity contribution >= 4 is 17.0 Å². The van der Waals surface area contributed by atoms with E-state index in [1.807, 2.05) is 36.4 Å². The quantitative estimate of drug-likeness (QED) is 0.480. The molecule has 6 heteroatoms. The molecule has 4 rings (SSSR count). The Morgan fingerprint density at radius 2 is 1.81 bits per heavy atom. The predicted octanol–water partition coefficient (Wildman–Crippen LogP) is 4.55. The third-order valence-corrected chi connectivity index (χ3v) is 5.31. The van der Waals surface area contributed by atoms with E-state index in [2.05, 4.69) is 11.9 Å². The number of hydrogen-bond acceptors (Lipinski definition) is 4. The molecule has 0 amide bonds. The van der Waals surface area contributed by atoms with Gasteiger partial charge in [-0.15, -0.1) is 0 Å². The minimum absolute atomic E-state index is 0.142. The van der Waals surface area contributed by atoms with Crippen LogP contribution in [0.3, 0.4) is 0 Å². The Hall–Kier alpha value is -3.80. The van der Waals surface area contributed by atoms with Crippen molar-refractivity contribution in [2.45, 2.75) is 32.7 Å². The Kier molecular flexibility index (Phi) is 5.89. The second-order valence-electron chi connectivity index (χ2n) is 7.44. The lowest BCUT2D eigenvalue weighted by Crippen LogP contribution is -2.26. The largest absolute Gasteiger partial charge is 0.478 e. The summed E-state index contributed by atoms with van der Waals surface area (Å²) in [6.45, 7) is 2.50. The fourth-order valence-corrected chi connectivity index (χ4v) is 3.68. The molecule has 2 aromatic heterocycles. The number of carboxylic acids is 1. The number of fused-ring (bicyclic) bond motifs is 1. The summed E-state index contributed by atoms with van der Waals surface area (Å²) >= 11 is 0. The van der Waals surface area contributed by atoms with Gasteiger partial charge in [-0.1, -0.05) is 55.8 Å². The average Bonchev–Trinajstić information content (AvgIpc) is 2.80. The predicted molar refractivity (Wildman–Crippen MR) is 120 cm³/mol. The van der Waals surface area contributed by atoms with Crippen molar-refractivity contribution in [2.24, 2.45) is 0 Å². The summed E-state index contributed by atoms with van der Waals surface area (Å²) in [4.78, 5) is 33.6. The van der Waals surface area contributed by atoms with Gasteiger partial charge < -0.3 is 5.11 Å². The van der Waals surface area contributed by atoms with Crippen molar-refractivity contribution < 1.29 is 9.90 Å². The minimum Gasteiger partial charge on any atom is -0.478 e. The van der Waals surface area contributed by atoms with Crippen LogP contribution in [0.1, 0.15) is 41.5 Å². The SMILES string of the molecule is CCCCc1nc2cccnc2c(=O)n1Cc1ccc(-c2ccccc2C(=O)O)cc1. The number of rotatable bonds is 7. The first kappa shape index (κ1) is 20.5. The summed E-state index contributed by atoms with van der Waals surface area (Å²) in [5, 5.41) is 9.44. The van der Waals surface area contributed by atoms with Gasteiger partial charge in [0.25, 0.3) is 5.56 Å². The van der Waals surface area contributed by atoms with Gasteiger partial charge in [-0.05, 0) is 41.3 Å². The zero-order valence-corrected chi connectivity index (χ0v) is 17.3. The topological polar surface area (TPSA) is 85.1 Å². The lowest BCUT2D eigenvalue weighted by Gasteiger charge is -2.14. The molecule has 0 unspecified atom stereocenters. The number of hydrogen-bond donors (Lipinski definition) is 1. The van der Waals surface area contributed by atoms with Crippen LogP contribution >= 0.6 is 0 Å². The number of aryl methyl sites for hydroxylation is 1. The molecule has 2 aromatic carbocycles. The standard InChI is InChI=1S/C25H23N3O3/c1-2-3-10-22-27-21-9-6-15-26-23(21)24(29)28(22)16-17-11-13-18(14-12-17)19-7-4-5-8-20(19)25(30)31/h4-9,11-15H,2-3,10,16H2,1H3,(H,30,31). The zero-order valence-electron chi connectivity index (χ0n) is 17.3. The fraction of sp³-hybridized carbons (Fsp3) is 0.200. The molecule has 6 nitrogen and oxygen atoms in total. The summed E-state index contributed by atoms with van der Waals surface area (Å²) < 4.78 is 1.70. The molecular weight excluding hydrogens is 390 g/mol. The first-order valence-corrected chi connectivity index (χ1v) is 10.3. The maximum absolute atomic E-state index is 13.1. The van der Waals surface area contributed by atoms with Crippen LogP contribution in [-0.2, 0) is 13.0 Å². The first-order valence-electron chi connectivity index (χ1n) is 10.3. The molecule has 0 aliphatic heterocycles. The van der Waals surface area contributed by atoms with Crippen LogP contribution in [0.15, 0.2) is 71.7 Å². The third-order valence-electron chi connectivity index (χ3n) is 5.31. The molecule has 156 valence electrons. The Balaban J connectivity index is 1.70. The highest BCUT2D eigenvalue weighted by molar-refractivity contribution is 5.96. The molecule has 0 aliphatic rings. The Labute approximate surface area is 179 Å². The molecule has 0 saturated carbocycles. The summed E-state index contributed by atoms with van der Waals surface area (Å²) in [5.41, 5.74) is 3.53. The summed E-state index contributed by atoms with van der Waals surface area (Å²) in [5.74, 6) is -0.200. The maximum atomic E-state index is 13.1. The van der Waals surface area contributed by atoms with E-state index in [1.165, 1.54) is 0 Å². The van der Waals surface area contributed by atoms with Gasteiger partial charge in [0.05, 0.1) is 17.6 Å². The number of unbranched alkanes of at least 4 members (excludes halogenated alkanes) is 1. The van der Waals surface area contributed by atoms with Crippen molar-refractivity contribution in [1.29, 1.82) is 0 Å². The van der Waals surface area contributed by atoms with Crippen molar-refractivity contribution in [3.63, 3.8) is 0 Å². The Morgan fingerprint density at radius 3 is 2.55 bits per heavy atom. The van der Waals surface area contributed by atoms with Crippen LogP contribution in [0.4, 0.5) is 0 Å². The minimum atomic E-state index is -0.957. The van der Waals surface area contributed by atoms with Crippen LogP contribution < -0.4 is 5.56 Å². The first-order chi connectivity index (χ1) is 15.1. The summed E-state index contributed by atoms with van der Waals surface area (Å²) in [7, 11) is 0. The van der Waals surface area contributed by atoms with Gasteiger partial charge in [0, 0.05) is 12.6 Å². The molecule has 1 N–H and O–H groups in total. The number of aromatic nitrogens is 3. The number of nitrogens with zero attached hydrogens (tertiary/aromatic N) is 3. The molecule has 0 spiro atoms. The Bertz CT molecular complexity index is 1290. The van der Waals surface area contributed by atoms with Gasteiger partial charge in [-0.3, -0.25) is 9.36 Å². The van der Waals surface area contributed by atoms with Crippen LogP contribution in [0, 0.1) is 0 Å². The number of pyridine rings is 1. The molecule has 0 bridgehead atoms. The Morgan fingerprint density at radius 1 is 1.03 bits per heavy atom.